The molecule has 0 bridgehead atoms. The monoisotopic (exact) mass is 365 g/mol. The van der Waals surface area contributed by atoms with Crippen molar-refractivity contribution in [3.8, 4) is 0 Å². The Labute approximate surface area is 140 Å². The summed E-state index contributed by atoms with van der Waals surface area (Å²) >= 11 is 5.37. The second-order valence-corrected chi connectivity index (χ2v) is 8.29. The molecular weight excluding hydrogens is 342 g/mol. The van der Waals surface area contributed by atoms with E-state index in [2.05, 4.69) is 84.7 Å². The second kappa shape index (κ2) is 7.08. The van der Waals surface area contributed by atoms with Crippen LogP contribution in [0.1, 0.15) is 49.7 Å². The first-order chi connectivity index (χ1) is 9.90. The van der Waals surface area contributed by atoms with Crippen molar-refractivity contribution in [1.82, 2.24) is 5.32 Å². The van der Waals surface area contributed by atoms with Crippen molar-refractivity contribution in [1.29, 1.82) is 0 Å². The lowest BCUT2D eigenvalue weighted by atomic mass is 9.86. The normalized spacial score (nSPS) is 13.4. The first kappa shape index (κ1) is 16.7. The summed E-state index contributed by atoms with van der Waals surface area (Å²) in [6.07, 6.45) is 1.03. The van der Waals surface area contributed by atoms with Gasteiger partial charge in [-0.25, -0.2) is 0 Å². The first-order valence-corrected chi connectivity index (χ1v) is 9.14. The summed E-state index contributed by atoms with van der Waals surface area (Å²) in [6, 6.07) is 11.7. The lowest BCUT2D eigenvalue weighted by molar-refractivity contribution is 0.557. The summed E-state index contributed by atoms with van der Waals surface area (Å²) in [6.45, 7) is 9.92. The smallest absolute Gasteiger partial charge is 0.0455 e. The molecule has 0 spiro atoms. The van der Waals surface area contributed by atoms with Gasteiger partial charge in [-0.15, -0.1) is 11.3 Å². The Morgan fingerprint density at radius 1 is 1.19 bits per heavy atom. The van der Waals surface area contributed by atoms with Crippen LogP contribution in [0.3, 0.4) is 0 Å². The molecule has 0 aliphatic carbocycles. The molecule has 114 valence electrons. The molecule has 0 amide bonds. The minimum Gasteiger partial charge on any atom is -0.309 e. The fraction of sp³-hybridized carbons (Fsp3) is 0.444. The Kier molecular flexibility index (Phi) is 5.64. The van der Waals surface area contributed by atoms with Crippen LogP contribution in [0.2, 0.25) is 0 Å². The summed E-state index contributed by atoms with van der Waals surface area (Å²) in [5, 5.41) is 5.75. The Morgan fingerprint density at radius 3 is 2.33 bits per heavy atom. The number of rotatable bonds is 5. The van der Waals surface area contributed by atoms with Gasteiger partial charge in [-0.2, -0.15) is 0 Å². The predicted octanol–water partition coefficient (Wildman–Crippen LogP) is 5.70. The van der Waals surface area contributed by atoms with Gasteiger partial charge in [-0.3, -0.25) is 0 Å². The molecule has 1 aromatic heterocycles. The van der Waals surface area contributed by atoms with E-state index in [9.17, 15) is 0 Å². The van der Waals surface area contributed by atoms with E-state index in [1.807, 2.05) is 11.3 Å². The molecule has 21 heavy (non-hydrogen) atoms. The van der Waals surface area contributed by atoms with Gasteiger partial charge < -0.3 is 5.32 Å². The van der Waals surface area contributed by atoms with Crippen molar-refractivity contribution in [2.24, 2.45) is 0 Å². The molecule has 1 nitrogen and oxygen atoms in total. The van der Waals surface area contributed by atoms with E-state index in [0.29, 0.717) is 6.04 Å². The van der Waals surface area contributed by atoms with Gasteiger partial charge in [0.2, 0.25) is 0 Å². The predicted molar refractivity (Wildman–Crippen MR) is 97.3 cm³/mol. The minimum atomic E-state index is 0.220. The molecule has 1 unspecified atom stereocenters. The molecule has 0 aliphatic heterocycles. The topological polar surface area (TPSA) is 12.0 Å². The van der Waals surface area contributed by atoms with Crippen molar-refractivity contribution in [2.75, 3.05) is 6.54 Å². The number of benzene rings is 1. The lowest BCUT2D eigenvalue weighted by Gasteiger charge is -2.20. The molecule has 1 atom stereocenters. The van der Waals surface area contributed by atoms with Gasteiger partial charge in [-0.05, 0) is 51.5 Å². The highest BCUT2D eigenvalue weighted by molar-refractivity contribution is 9.10. The largest absolute Gasteiger partial charge is 0.309 e. The third-order valence-corrected chi connectivity index (χ3v) is 5.45. The van der Waals surface area contributed by atoms with Crippen molar-refractivity contribution >= 4 is 27.3 Å². The Hall–Kier alpha value is -0.640. The van der Waals surface area contributed by atoms with E-state index in [4.69, 9.17) is 0 Å². The molecule has 0 radical (unpaired) electrons. The maximum atomic E-state index is 3.60. The lowest BCUT2D eigenvalue weighted by Crippen LogP contribution is -2.22. The highest BCUT2D eigenvalue weighted by atomic mass is 79.9. The van der Waals surface area contributed by atoms with Crippen LogP contribution in [0.4, 0.5) is 0 Å². The van der Waals surface area contributed by atoms with Crippen LogP contribution in [-0.4, -0.2) is 6.54 Å². The van der Waals surface area contributed by atoms with E-state index < -0.39 is 0 Å². The highest BCUT2D eigenvalue weighted by Gasteiger charge is 2.15. The van der Waals surface area contributed by atoms with Crippen LogP contribution in [0.5, 0.6) is 0 Å². The third kappa shape index (κ3) is 4.67. The van der Waals surface area contributed by atoms with E-state index in [0.717, 1.165) is 13.0 Å². The molecule has 1 N–H and O–H groups in total. The van der Waals surface area contributed by atoms with Gasteiger partial charge in [0.05, 0.1) is 0 Å². The fourth-order valence-corrected chi connectivity index (χ4v) is 3.93. The minimum absolute atomic E-state index is 0.220. The molecule has 0 saturated carbocycles. The molecule has 2 rings (SSSR count). The van der Waals surface area contributed by atoms with Crippen LogP contribution >= 0.6 is 27.3 Å². The molecule has 0 aliphatic rings. The number of hydrogen-bond donors (Lipinski definition) is 1. The van der Waals surface area contributed by atoms with Crippen LogP contribution in [0.25, 0.3) is 0 Å². The fourth-order valence-electron chi connectivity index (χ4n) is 2.41. The SMILES string of the molecule is CCNC(Cc1ccc(C(C)(C)C)cc1)c1cc(Br)cs1. The van der Waals surface area contributed by atoms with Gasteiger partial charge >= 0.3 is 0 Å². The second-order valence-electron chi connectivity index (χ2n) is 6.43. The maximum absolute atomic E-state index is 3.60. The molecule has 0 fully saturated rings. The van der Waals surface area contributed by atoms with E-state index in [1.54, 1.807) is 0 Å². The van der Waals surface area contributed by atoms with Gasteiger partial charge in [0.15, 0.2) is 0 Å². The third-order valence-electron chi connectivity index (χ3n) is 3.64. The van der Waals surface area contributed by atoms with Crippen molar-refractivity contribution < 1.29 is 0 Å². The number of thiophene rings is 1. The first-order valence-electron chi connectivity index (χ1n) is 7.47. The molecule has 1 aromatic carbocycles. The summed E-state index contributed by atoms with van der Waals surface area (Å²) in [5.41, 5.74) is 3.00. The summed E-state index contributed by atoms with van der Waals surface area (Å²) in [5.74, 6) is 0. The Morgan fingerprint density at radius 2 is 1.86 bits per heavy atom. The van der Waals surface area contributed by atoms with Crippen LogP contribution < -0.4 is 5.32 Å². The zero-order valence-electron chi connectivity index (χ0n) is 13.2. The van der Waals surface area contributed by atoms with Gasteiger partial charge in [0, 0.05) is 20.8 Å². The number of nitrogens with one attached hydrogen (secondary N) is 1. The Bertz CT molecular complexity index is 566. The van der Waals surface area contributed by atoms with Crippen LogP contribution in [-0.2, 0) is 11.8 Å². The van der Waals surface area contributed by atoms with Crippen molar-refractivity contribution in [2.45, 2.75) is 45.6 Å². The van der Waals surface area contributed by atoms with E-state index in [-0.39, 0.29) is 5.41 Å². The molecule has 3 heteroatoms. The zero-order chi connectivity index (χ0) is 15.5. The quantitative estimate of drug-likeness (QED) is 0.716. The summed E-state index contributed by atoms with van der Waals surface area (Å²) in [7, 11) is 0. The summed E-state index contributed by atoms with van der Waals surface area (Å²) in [4.78, 5) is 1.39. The van der Waals surface area contributed by atoms with Gasteiger partial charge in [-0.1, -0.05) is 52.0 Å². The standard InChI is InChI=1S/C18H24BrNS/c1-5-20-16(17-11-15(19)12-21-17)10-13-6-8-14(9-7-13)18(2,3)4/h6-9,11-12,16,20H,5,10H2,1-4H3. The Balaban J connectivity index is 2.14. The zero-order valence-corrected chi connectivity index (χ0v) is 15.6. The number of likely N-dealkylation sites (N-methyl/N-ethyl adjacent to an activating group) is 1. The highest BCUT2D eigenvalue weighted by Crippen LogP contribution is 2.29. The maximum Gasteiger partial charge on any atom is 0.0455 e. The van der Waals surface area contributed by atoms with Crippen molar-refractivity contribution in [3.63, 3.8) is 0 Å². The van der Waals surface area contributed by atoms with Crippen LogP contribution in [0, 0.1) is 0 Å². The molecular formula is C18H24BrNS. The average molecular weight is 366 g/mol. The average Bonchev–Trinajstić information content (AvgIpc) is 2.84. The van der Waals surface area contributed by atoms with Crippen molar-refractivity contribution in [3.05, 3.63) is 56.2 Å². The molecule has 0 saturated heterocycles. The number of hydrogen-bond acceptors (Lipinski definition) is 2. The van der Waals surface area contributed by atoms with Crippen LogP contribution in [0.15, 0.2) is 40.2 Å². The van der Waals surface area contributed by atoms with Gasteiger partial charge in [0.25, 0.3) is 0 Å². The van der Waals surface area contributed by atoms with Gasteiger partial charge in [0.1, 0.15) is 0 Å². The molecule has 1 heterocycles. The number of halogens is 1. The van der Waals surface area contributed by atoms with E-state index in [1.165, 1.54) is 20.5 Å². The van der Waals surface area contributed by atoms with E-state index >= 15 is 0 Å². The summed E-state index contributed by atoms with van der Waals surface area (Å²) < 4.78 is 1.17. The molecule has 2 aromatic rings.